The molecule has 1 aromatic heterocycles. The van der Waals surface area contributed by atoms with Gasteiger partial charge in [-0.1, -0.05) is 11.6 Å². The fourth-order valence-electron chi connectivity index (χ4n) is 3.85. The summed E-state index contributed by atoms with van der Waals surface area (Å²) >= 11 is 0. The second-order valence-electron chi connectivity index (χ2n) is 7.00. The molecule has 2 N–H and O–H groups in total. The molecular formula is C20H24FN3O. The highest BCUT2D eigenvalue weighted by atomic mass is 19.1. The largest absolute Gasteiger partial charge is 0.390 e. The molecule has 0 amide bonds. The minimum absolute atomic E-state index is 0.227. The molecule has 1 aliphatic rings. The molecule has 1 fully saturated rings. The lowest BCUT2D eigenvalue weighted by atomic mass is 10.1. The smallest absolute Gasteiger partial charge is 0.123 e. The van der Waals surface area contributed by atoms with Gasteiger partial charge in [0, 0.05) is 54.5 Å². The maximum absolute atomic E-state index is 13.8. The van der Waals surface area contributed by atoms with Crippen LogP contribution in [0.25, 0.3) is 21.8 Å². The number of rotatable bonds is 4. The van der Waals surface area contributed by atoms with Gasteiger partial charge in [-0.25, -0.2) is 4.39 Å². The van der Waals surface area contributed by atoms with Crippen LogP contribution in [0.5, 0.6) is 0 Å². The third-order valence-electron chi connectivity index (χ3n) is 5.05. The molecular weight excluding hydrogens is 317 g/mol. The van der Waals surface area contributed by atoms with Gasteiger partial charge in [0.2, 0.25) is 0 Å². The van der Waals surface area contributed by atoms with Crippen LogP contribution >= 0.6 is 0 Å². The predicted octanol–water partition coefficient (Wildman–Crippen LogP) is 2.51. The summed E-state index contributed by atoms with van der Waals surface area (Å²) < 4.78 is 15.9. The van der Waals surface area contributed by atoms with Gasteiger partial charge in [-0.3, -0.25) is 4.90 Å². The Morgan fingerprint density at radius 3 is 2.48 bits per heavy atom. The number of hydrogen-bond acceptors (Lipinski definition) is 3. The van der Waals surface area contributed by atoms with Crippen molar-refractivity contribution in [3.05, 3.63) is 47.8 Å². The Morgan fingerprint density at radius 1 is 1.04 bits per heavy atom. The van der Waals surface area contributed by atoms with Crippen LogP contribution < -0.4 is 5.32 Å². The van der Waals surface area contributed by atoms with Crippen LogP contribution in [0.3, 0.4) is 0 Å². The molecule has 0 radical (unpaired) electrons. The van der Waals surface area contributed by atoms with E-state index in [4.69, 9.17) is 0 Å². The minimum Gasteiger partial charge on any atom is -0.390 e. The molecule has 0 aliphatic carbocycles. The van der Waals surface area contributed by atoms with Gasteiger partial charge in [-0.2, -0.15) is 0 Å². The van der Waals surface area contributed by atoms with E-state index in [1.165, 1.54) is 6.07 Å². The van der Waals surface area contributed by atoms with Crippen LogP contribution in [0, 0.1) is 12.7 Å². The Kier molecular flexibility index (Phi) is 4.46. The van der Waals surface area contributed by atoms with Crippen LogP contribution in [-0.4, -0.2) is 53.4 Å². The van der Waals surface area contributed by atoms with Crippen molar-refractivity contribution in [1.29, 1.82) is 0 Å². The molecule has 3 aromatic rings. The zero-order valence-corrected chi connectivity index (χ0v) is 14.5. The van der Waals surface area contributed by atoms with E-state index in [9.17, 15) is 9.50 Å². The highest BCUT2D eigenvalue weighted by Gasteiger charge is 2.18. The number of aliphatic hydroxyl groups is 1. The van der Waals surface area contributed by atoms with Crippen molar-refractivity contribution in [2.24, 2.45) is 0 Å². The third-order valence-corrected chi connectivity index (χ3v) is 5.05. The first-order chi connectivity index (χ1) is 12.1. The number of halogens is 1. The molecule has 0 spiro atoms. The van der Waals surface area contributed by atoms with Gasteiger partial charge in [0.05, 0.1) is 12.6 Å². The maximum atomic E-state index is 13.8. The Labute approximate surface area is 146 Å². The zero-order valence-electron chi connectivity index (χ0n) is 14.5. The predicted molar refractivity (Wildman–Crippen MR) is 99.5 cm³/mol. The molecule has 132 valence electrons. The van der Waals surface area contributed by atoms with Gasteiger partial charge in [0.15, 0.2) is 0 Å². The normalized spacial score (nSPS) is 17.4. The Balaban J connectivity index is 1.69. The fraction of sp³-hybridized carbons (Fsp3) is 0.400. The molecule has 2 heterocycles. The molecule has 1 aliphatic heterocycles. The van der Waals surface area contributed by atoms with Crippen molar-refractivity contribution >= 4 is 21.8 Å². The summed E-state index contributed by atoms with van der Waals surface area (Å²) in [7, 11) is 0. The number of benzene rings is 2. The molecule has 2 aromatic carbocycles. The first-order valence-corrected chi connectivity index (χ1v) is 8.91. The van der Waals surface area contributed by atoms with Crippen LogP contribution in [0.15, 0.2) is 36.4 Å². The van der Waals surface area contributed by atoms with E-state index in [-0.39, 0.29) is 5.82 Å². The molecule has 5 heteroatoms. The van der Waals surface area contributed by atoms with Crippen LogP contribution in [0.1, 0.15) is 5.56 Å². The fourth-order valence-corrected chi connectivity index (χ4v) is 3.85. The standard InChI is InChI=1S/C20H24FN3O/c1-14-2-4-19-17(10-14)18-11-15(21)3-5-20(18)24(19)13-16(25)12-23-8-6-22-7-9-23/h2-5,10-11,16,22,25H,6-9,12-13H2,1H3. The topological polar surface area (TPSA) is 40.4 Å². The first kappa shape index (κ1) is 16.5. The molecule has 4 nitrogen and oxygen atoms in total. The van der Waals surface area contributed by atoms with E-state index in [1.807, 2.05) is 13.0 Å². The van der Waals surface area contributed by atoms with Crippen molar-refractivity contribution in [3.63, 3.8) is 0 Å². The van der Waals surface area contributed by atoms with E-state index in [0.29, 0.717) is 13.1 Å². The molecule has 1 atom stereocenters. The minimum atomic E-state index is -0.455. The van der Waals surface area contributed by atoms with E-state index >= 15 is 0 Å². The lowest BCUT2D eigenvalue weighted by Gasteiger charge is -2.29. The molecule has 1 unspecified atom stereocenters. The van der Waals surface area contributed by atoms with Crippen molar-refractivity contribution < 1.29 is 9.50 Å². The number of piperazine rings is 1. The van der Waals surface area contributed by atoms with E-state index in [1.54, 1.807) is 6.07 Å². The van der Waals surface area contributed by atoms with Crippen molar-refractivity contribution in [1.82, 2.24) is 14.8 Å². The van der Waals surface area contributed by atoms with Gasteiger partial charge in [0.1, 0.15) is 5.82 Å². The van der Waals surface area contributed by atoms with Crippen LogP contribution in [0.4, 0.5) is 4.39 Å². The van der Waals surface area contributed by atoms with Gasteiger partial charge < -0.3 is 15.0 Å². The number of hydrogen-bond donors (Lipinski definition) is 2. The summed E-state index contributed by atoms with van der Waals surface area (Å²) in [6, 6.07) is 11.1. The molecule has 1 saturated heterocycles. The van der Waals surface area contributed by atoms with Gasteiger partial charge >= 0.3 is 0 Å². The summed E-state index contributed by atoms with van der Waals surface area (Å²) in [6.07, 6.45) is -0.455. The van der Waals surface area contributed by atoms with Gasteiger partial charge in [-0.15, -0.1) is 0 Å². The highest BCUT2D eigenvalue weighted by molar-refractivity contribution is 6.08. The third kappa shape index (κ3) is 3.27. The SMILES string of the molecule is Cc1ccc2c(c1)c1cc(F)ccc1n2CC(O)CN1CCNCC1. The van der Waals surface area contributed by atoms with E-state index in [2.05, 4.69) is 33.0 Å². The zero-order chi connectivity index (χ0) is 17.4. The molecule has 4 rings (SSSR count). The quantitative estimate of drug-likeness (QED) is 0.766. The molecule has 0 saturated carbocycles. The van der Waals surface area contributed by atoms with E-state index < -0.39 is 6.10 Å². The Morgan fingerprint density at radius 2 is 1.72 bits per heavy atom. The Hall–Kier alpha value is -1.95. The lowest BCUT2D eigenvalue weighted by molar-refractivity contribution is 0.0936. The van der Waals surface area contributed by atoms with Gasteiger partial charge in [-0.05, 0) is 37.3 Å². The average molecular weight is 341 g/mol. The second kappa shape index (κ2) is 6.75. The lowest BCUT2D eigenvalue weighted by Crippen LogP contribution is -2.46. The summed E-state index contributed by atoms with van der Waals surface area (Å²) in [5.74, 6) is -0.227. The number of nitrogens with one attached hydrogen (secondary N) is 1. The van der Waals surface area contributed by atoms with E-state index in [0.717, 1.165) is 53.5 Å². The maximum Gasteiger partial charge on any atom is 0.123 e. The average Bonchev–Trinajstić information content (AvgIpc) is 2.88. The van der Waals surface area contributed by atoms with Crippen molar-refractivity contribution in [2.45, 2.75) is 19.6 Å². The number of fused-ring (bicyclic) bond motifs is 3. The number of aromatic nitrogens is 1. The van der Waals surface area contributed by atoms with Crippen LogP contribution in [0.2, 0.25) is 0 Å². The Bertz CT molecular complexity index is 839. The molecule has 0 bridgehead atoms. The summed E-state index contributed by atoms with van der Waals surface area (Å²) in [4.78, 5) is 2.29. The summed E-state index contributed by atoms with van der Waals surface area (Å²) in [5.41, 5.74) is 3.17. The van der Waals surface area contributed by atoms with Crippen molar-refractivity contribution in [3.8, 4) is 0 Å². The number of aryl methyl sites for hydroxylation is 1. The first-order valence-electron chi connectivity index (χ1n) is 8.91. The number of nitrogens with zero attached hydrogens (tertiary/aromatic N) is 2. The van der Waals surface area contributed by atoms with Crippen molar-refractivity contribution in [2.75, 3.05) is 32.7 Å². The molecule has 25 heavy (non-hydrogen) atoms. The highest BCUT2D eigenvalue weighted by Crippen LogP contribution is 2.30. The van der Waals surface area contributed by atoms with Gasteiger partial charge in [0.25, 0.3) is 0 Å². The number of β-amino-alcohol motifs (C(OH)–C–C–N with tert-alkyl or cyclic N) is 1. The monoisotopic (exact) mass is 341 g/mol. The number of aliphatic hydroxyl groups excluding tert-OH is 1. The second-order valence-corrected chi connectivity index (χ2v) is 7.00. The summed E-state index contributed by atoms with van der Waals surface area (Å²) in [5, 5.41) is 15.9. The summed E-state index contributed by atoms with van der Waals surface area (Å²) in [6.45, 7) is 7.10. The van der Waals surface area contributed by atoms with Crippen LogP contribution in [-0.2, 0) is 6.54 Å².